The van der Waals surface area contributed by atoms with E-state index in [0.29, 0.717) is 5.56 Å². The second-order valence-corrected chi connectivity index (χ2v) is 5.86. The highest BCUT2D eigenvalue weighted by atomic mass is 16.5. The molecule has 0 saturated carbocycles. The molecule has 0 saturated heterocycles. The number of carboxylic acids is 1. The number of hydrogen-bond donors (Lipinski definition) is 1. The van der Waals surface area contributed by atoms with Crippen LogP contribution in [-0.2, 0) is 5.41 Å². The maximum atomic E-state index is 11.2. The molecule has 0 bridgehead atoms. The number of rotatable bonds is 3. The zero-order chi connectivity index (χ0) is 16.1. The van der Waals surface area contributed by atoms with Gasteiger partial charge < -0.3 is 9.84 Å². The Bertz CT molecular complexity index is 454. The van der Waals surface area contributed by atoms with Crippen LogP contribution in [0.15, 0.2) is 12.1 Å². The first-order valence-corrected chi connectivity index (χ1v) is 7.14. The molecule has 0 atom stereocenters. The standard InChI is InChI=1S/C15H22O3.C2H6/c1-9(2)11-7-10(14(16)17)8-12(13(11)18-6)15(3,4)5;1-2/h7-9H,1-6H3,(H,16,17);1-2H3. The van der Waals surface area contributed by atoms with Crippen LogP contribution in [0.3, 0.4) is 0 Å². The molecule has 3 nitrogen and oxygen atoms in total. The maximum absolute atomic E-state index is 11.2. The van der Waals surface area contributed by atoms with Crippen molar-refractivity contribution in [2.24, 2.45) is 0 Å². The molecule has 114 valence electrons. The Kier molecular flexibility index (Phi) is 6.77. The van der Waals surface area contributed by atoms with E-state index in [9.17, 15) is 9.90 Å². The summed E-state index contributed by atoms with van der Waals surface area (Å²) in [5, 5.41) is 9.20. The summed E-state index contributed by atoms with van der Waals surface area (Å²) in [5.74, 6) is 0.132. The van der Waals surface area contributed by atoms with Crippen LogP contribution in [0.1, 0.15) is 75.9 Å². The molecule has 0 spiro atoms. The van der Waals surface area contributed by atoms with Gasteiger partial charge in [0.05, 0.1) is 12.7 Å². The normalized spacial score (nSPS) is 10.8. The van der Waals surface area contributed by atoms with Crippen LogP contribution >= 0.6 is 0 Å². The first-order chi connectivity index (χ1) is 9.18. The second kappa shape index (κ2) is 7.32. The molecule has 0 aliphatic heterocycles. The molecule has 0 aliphatic carbocycles. The van der Waals surface area contributed by atoms with Crippen LogP contribution in [0.5, 0.6) is 5.75 Å². The van der Waals surface area contributed by atoms with Crippen LogP contribution < -0.4 is 4.74 Å². The monoisotopic (exact) mass is 280 g/mol. The Morgan fingerprint density at radius 3 is 2.00 bits per heavy atom. The fourth-order valence-electron chi connectivity index (χ4n) is 1.99. The molecular weight excluding hydrogens is 252 g/mol. The van der Waals surface area contributed by atoms with Gasteiger partial charge in [0, 0.05) is 5.56 Å². The molecule has 3 heteroatoms. The van der Waals surface area contributed by atoms with Gasteiger partial charge in [-0.1, -0.05) is 48.5 Å². The summed E-state index contributed by atoms with van der Waals surface area (Å²) in [7, 11) is 1.64. The van der Waals surface area contributed by atoms with Crippen molar-refractivity contribution in [2.45, 2.75) is 59.8 Å². The van der Waals surface area contributed by atoms with E-state index in [2.05, 4.69) is 20.8 Å². The summed E-state index contributed by atoms with van der Waals surface area (Å²) in [5.41, 5.74) is 2.06. The molecule has 0 fully saturated rings. The first-order valence-electron chi connectivity index (χ1n) is 7.14. The minimum absolute atomic E-state index is 0.152. The Balaban J connectivity index is 0.00000172. The van der Waals surface area contributed by atoms with E-state index in [-0.39, 0.29) is 11.3 Å². The zero-order valence-electron chi connectivity index (χ0n) is 14.0. The maximum Gasteiger partial charge on any atom is 0.335 e. The van der Waals surface area contributed by atoms with Gasteiger partial charge in [-0.2, -0.15) is 0 Å². The van der Waals surface area contributed by atoms with Crippen LogP contribution in [0.25, 0.3) is 0 Å². The number of benzene rings is 1. The van der Waals surface area contributed by atoms with Gasteiger partial charge in [0.25, 0.3) is 0 Å². The number of ether oxygens (including phenoxy) is 1. The molecule has 20 heavy (non-hydrogen) atoms. The van der Waals surface area contributed by atoms with Crippen LogP contribution in [0, 0.1) is 0 Å². The van der Waals surface area contributed by atoms with Crippen LogP contribution in [0.4, 0.5) is 0 Å². The highest BCUT2D eigenvalue weighted by Crippen LogP contribution is 2.38. The van der Waals surface area contributed by atoms with Gasteiger partial charge in [0.15, 0.2) is 0 Å². The Labute approximate surface area is 123 Å². The number of aromatic carboxylic acids is 1. The van der Waals surface area contributed by atoms with Gasteiger partial charge in [-0.25, -0.2) is 4.79 Å². The van der Waals surface area contributed by atoms with Crippen LogP contribution in [-0.4, -0.2) is 18.2 Å². The summed E-state index contributed by atoms with van der Waals surface area (Å²) >= 11 is 0. The molecule has 0 radical (unpaired) electrons. The SMILES string of the molecule is CC.COc1c(C(C)C)cc(C(=O)O)cc1C(C)(C)C. The molecule has 0 aromatic heterocycles. The van der Waals surface area contributed by atoms with Gasteiger partial charge in [0.1, 0.15) is 5.75 Å². The molecule has 0 aliphatic rings. The second-order valence-electron chi connectivity index (χ2n) is 5.86. The van der Waals surface area contributed by atoms with E-state index in [1.165, 1.54) is 0 Å². The van der Waals surface area contributed by atoms with Gasteiger partial charge in [-0.15, -0.1) is 0 Å². The molecule has 1 N–H and O–H groups in total. The van der Waals surface area contributed by atoms with E-state index in [1.807, 2.05) is 27.7 Å². The summed E-state index contributed by atoms with van der Waals surface area (Å²) in [4.78, 5) is 11.2. The van der Waals surface area contributed by atoms with E-state index in [4.69, 9.17) is 4.74 Å². The lowest BCUT2D eigenvalue weighted by molar-refractivity contribution is 0.0696. The number of carboxylic acid groups (broad SMARTS) is 1. The predicted octanol–water partition coefficient (Wildman–Crippen LogP) is 4.84. The highest BCUT2D eigenvalue weighted by molar-refractivity contribution is 5.88. The summed E-state index contributed by atoms with van der Waals surface area (Å²) in [6, 6.07) is 3.42. The lowest BCUT2D eigenvalue weighted by Crippen LogP contribution is -2.16. The zero-order valence-corrected chi connectivity index (χ0v) is 14.0. The number of hydrogen-bond acceptors (Lipinski definition) is 2. The number of carbonyl (C=O) groups is 1. The number of methoxy groups -OCH3 is 1. The smallest absolute Gasteiger partial charge is 0.335 e. The van der Waals surface area contributed by atoms with Gasteiger partial charge >= 0.3 is 5.97 Å². The average molecular weight is 280 g/mol. The predicted molar refractivity (Wildman–Crippen MR) is 84.1 cm³/mol. The Morgan fingerprint density at radius 2 is 1.70 bits per heavy atom. The van der Waals surface area contributed by atoms with Crippen molar-refractivity contribution >= 4 is 5.97 Å². The molecule has 0 amide bonds. The van der Waals surface area contributed by atoms with Crippen LogP contribution in [0.2, 0.25) is 0 Å². The molecule has 1 aromatic carbocycles. The van der Waals surface area contributed by atoms with Gasteiger partial charge in [0.2, 0.25) is 0 Å². The van der Waals surface area contributed by atoms with Gasteiger partial charge in [-0.3, -0.25) is 0 Å². The Hall–Kier alpha value is -1.51. The minimum atomic E-state index is -0.898. The first kappa shape index (κ1) is 18.5. The molecule has 0 unspecified atom stereocenters. The third-order valence-corrected chi connectivity index (χ3v) is 3.00. The largest absolute Gasteiger partial charge is 0.496 e. The quantitative estimate of drug-likeness (QED) is 0.861. The van der Waals surface area contributed by atoms with Gasteiger partial charge in [-0.05, 0) is 29.0 Å². The highest BCUT2D eigenvalue weighted by Gasteiger charge is 2.24. The third-order valence-electron chi connectivity index (χ3n) is 3.00. The molecule has 0 heterocycles. The van der Waals surface area contributed by atoms with E-state index in [0.717, 1.165) is 16.9 Å². The average Bonchev–Trinajstić information content (AvgIpc) is 2.38. The van der Waals surface area contributed by atoms with E-state index < -0.39 is 5.97 Å². The third kappa shape index (κ3) is 4.26. The van der Waals surface area contributed by atoms with Crippen molar-refractivity contribution in [1.29, 1.82) is 0 Å². The fourth-order valence-corrected chi connectivity index (χ4v) is 1.99. The van der Waals surface area contributed by atoms with Crippen molar-refractivity contribution in [3.05, 3.63) is 28.8 Å². The van der Waals surface area contributed by atoms with E-state index in [1.54, 1.807) is 19.2 Å². The van der Waals surface area contributed by atoms with Crippen molar-refractivity contribution in [3.8, 4) is 5.75 Å². The van der Waals surface area contributed by atoms with Crippen molar-refractivity contribution in [1.82, 2.24) is 0 Å². The molecule has 1 rings (SSSR count). The van der Waals surface area contributed by atoms with Crippen molar-refractivity contribution in [3.63, 3.8) is 0 Å². The van der Waals surface area contributed by atoms with Crippen molar-refractivity contribution in [2.75, 3.05) is 7.11 Å². The summed E-state index contributed by atoms with van der Waals surface area (Å²) in [6.07, 6.45) is 0. The Morgan fingerprint density at radius 1 is 1.20 bits per heavy atom. The molecule has 1 aromatic rings. The van der Waals surface area contributed by atoms with E-state index >= 15 is 0 Å². The topological polar surface area (TPSA) is 46.5 Å². The minimum Gasteiger partial charge on any atom is -0.496 e. The fraction of sp³-hybridized carbons (Fsp3) is 0.588. The van der Waals surface area contributed by atoms with Crippen molar-refractivity contribution < 1.29 is 14.6 Å². The lowest BCUT2D eigenvalue weighted by atomic mass is 9.82. The summed E-state index contributed by atoms with van der Waals surface area (Å²) < 4.78 is 5.51. The summed E-state index contributed by atoms with van der Waals surface area (Å²) in [6.45, 7) is 14.2. The lowest BCUT2D eigenvalue weighted by Gasteiger charge is -2.25. The molecular formula is C17H28O3.